The van der Waals surface area contributed by atoms with Gasteiger partial charge in [0.2, 0.25) is 0 Å². The number of thiazole rings is 1. The lowest BCUT2D eigenvalue weighted by molar-refractivity contribution is 0.186. The predicted molar refractivity (Wildman–Crippen MR) is 103 cm³/mol. The van der Waals surface area contributed by atoms with Crippen LogP contribution < -0.4 is 10.6 Å². The standard InChI is InChI=1S/C19H23N5OS/c25-18(20-12-17-14-24-10-11-26-19(24)22-17)21-16-6-8-23(9-7-16)13-15-4-2-1-3-5-15/h1-5,10-11,14,16H,6-9,12-13H2,(H2,20,21,25). The van der Waals surface area contributed by atoms with Gasteiger partial charge < -0.3 is 10.6 Å². The van der Waals surface area contributed by atoms with Gasteiger partial charge in [0.25, 0.3) is 0 Å². The van der Waals surface area contributed by atoms with Crippen LogP contribution in [-0.2, 0) is 13.1 Å². The van der Waals surface area contributed by atoms with Crippen molar-refractivity contribution in [2.75, 3.05) is 13.1 Å². The molecule has 1 aromatic carbocycles. The maximum atomic E-state index is 12.1. The Morgan fingerprint density at radius 1 is 1.23 bits per heavy atom. The molecule has 2 N–H and O–H groups in total. The highest BCUT2D eigenvalue weighted by Gasteiger charge is 2.20. The topological polar surface area (TPSA) is 61.7 Å². The smallest absolute Gasteiger partial charge is 0.315 e. The second-order valence-corrected chi connectivity index (χ2v) is 7.56. The highest BCUT2D eigenvalue weighted by molar-refractivity contribution is 7.15. The molecular weight excluding hydrogens is 346 g/mol. The van der Waals surface area contributed by atoms with Crippen LogP contribution in [-0.4, -0.2) is 39.4 Å². The summed E-state index contributed by atoms with van der Waals surface area (Å²) in [7, 11) is 0. The van der Waals surface area contributed by atoms with Crippen LogP contribution in [0.4, 0.5) is 4.79 Å². The molecule has 0 spiro atoms. The monoisotopic (exact) mass is 369 g/mol. The first-order valence-corrected chi connectivity index (χ1v) is 9.86. The van der Waals surface area contributed by atoms with E-state index in [1.807, 2.05) is 28.2 Å². The van der Waals surface area contributed by atoms with Crippen molar-refractivity contribution in [3.8, 4) is 0 Å². The summed E-state index contributed by atoms with van der Waals surface area (Å²) in [6.07, 6.45) is 5.90. The second kappa shape index (κ2) is 7.88. The van der Waals surface area contributed by atoms with Crippen LogP contribution >= 0.6 is 11.3 Å². The average molecular weight is 369 g/mol. The van der Waals surface area contributed by atoms with Gasteiger partial charge in [0.1, 0.15) is 0 Å². The quantitative estimate of drug-likeness (QED) is 0.727. The molecule has 1 saturated heterocycles. The van der Waals surface area contributed by atoms with Crippen LogP contribution in [0.2, 0.25) is 0 Å². The lowest BCUT2D eigenvalue weighted by atomic mass is 10.0. The van der Waals surface area contributed by atoms with Crippen molar-refractivity contribution in [3.05, 3.63) is 59.4 Å². The number of imidazole rings is 1. The molecule has 0 aliphatic carbocycles. The first kappa shape index (κ1) is 17.1. The number of nitrogens with zero attached hydrogens (tertiary/aromatic N) is 3. The molecule has 0 unspecified atom stereocenters. The molecule has 0 bridgehead atoms. The van der Waals surface area contributed by atoms with E-state index in [0.29, 0.717) is 6.54 Å². The number of benzene rings is 1. The summed E-state index contributed by atoms with van der Waals surface area (Å²) in [5.41, 5.74) is 2.22. The van der Waals surface area contributed by atoms with E-state index in [-0.39, 0.29) is 12.1 Å². The molecule has 136 valence electrons. The molecule has 0 saturated carbocycles. The molecule has 0 atom stereocenters. The van der Waals surface area contributed by atoms with E-state index in [4.69, 9.17) is 0 Å². The number of hydrogen-bond acceptors (Lipinski definition) is 4. The Balaban J connectivity index is 1.19. The molecule has 26 heavy (non-hydrogen) atoms. The number of fused-ring (bicyclic) bond motifs is 1. The van der Waals surface area contributed by atoms with E-state index in [2.05, 4.69) is 44.8 Å². The number of aromatic nitrogens is 2. The summed E-state index contributed by atoms with van der Waals surface area (Å²) in [5, 5.41) is 8.00. The molecule has 1 aliphatic heterocycles. The lowest BCUT2D eigenvalue weighted by Crippen LogP contribution is -2.47. The molecule has 2 aromatic heterocycles. The number of carbonyl (C=O) groups is 1. The van der Waals surface area contributed by atoms with Gasteiger partial charge in [-0.05, 0) is 18.4 Å². The Labute approximate surface area is 156 Å². The molecule has 4 rings (SSSR count). The van der Waals surface area contributed by atoms with Gasteiger partial charge in [0.05, 0.1) is 12.2 Å². The number of nitrogens with one attached hydrogen (secondary N) is 2. The number of piperidine rings is 1. The van der Waals surface area contributed by atoms with Gasteiger partial charge in [-0.1, -0.05) is 30.3 Å². The Morgan fingerprint density at radius 3 is 2.81 bits per heavy atom. The molecule has 1 aliphatic rings. The zero-order valence-corrected chi connectivity index (χ0v) is 15.4. The maximum absolute atomic E-state index is 12.1. The molecular formula is C19H23N5OS. The minimum atomic E-state index is -0.108. The normalized spacial score (nSPS) is 16.0. The van der Waals surface area contributed by atoms with Crippen LogP contribution in [0.15, 0.2) is 48.1 Å². The van der Waals surface area contributed by atoms with E-state index < -0.39 is 0 Å². The number of carbonyl (C=O) groups excluding carboxylic acids is 1. The zero-order chi connectivity index (χ0) is 17.8. The Kier molecular flexibility index (Phi) is 5.17. The third kappa shape index (κ3) is 4.23. The van der Waals surface area contributed by atoms with Crippen molar-refractivity contribution in [2.45, 2.75) is 32.0 Å². The highest BCUT2D eigenvalue weighted by atomic mass is 32.1. The molecule has 0 radical (unpaired) electrons. The fourth-order valence-electron chi connectivity index (χ4n) is 3.35. The van der Waals surface area contributed by atoms with Gasteiger partial charge in [-0.25, -0.2) is 9.78 Å². The molecule has 2 amide bonds. The SMILES string of the molecule is O=C(NCc1cn2ccsc2n1)NC1CCN(Cc2ccccc2)CC1. The van der Waals surface area contributed by atoms with Crippen LogP contribution in [0.25, 0.3) is 4.96 Å². The number of urea groups is 1. The summed E-state index contributed by atoms with van der Waals surface area (Å²) in [6.45, 7) is 3.46. The van der Waals surface area contributed by atoms with E-state index in [1.165, 1.54) is 5.56 Å². The third-order valence-corrected chi connectivity index (χ3v) is 5.52. The maximum Gasteiger partial charge on any atom is 0.315 e. The van der Waals surface area contributed by atoms with E-state index in [0.717, 1.165) is 43.1 Å². The van der Waals surface area contributed by atoms with Crippen molar-refractivity contribution < 1.29 is 4.79 Å². The lowest BCUT2D eigenvalue weighted by Gasteiger charge is -2.32. The first-order valence-electron chi connectivity index (χ1n) is 8.98. The van der Waals surface area contributed by atoms with Crippen LogP contribution in [0.1, 0.15) is 24.1 Å². The van der Waals surface area contributed by atoms with E-state index >= 15 is 0 Å². The minimum absolute atomic E-state index is 0.108. The predicted octanol–water partition coefficient (Wildman–Crippen LogP) is 2.86. The van der Waals surface area contributed by atoms with E-state index in [9.17, 15) is 4.79 Å². The van der Waals surface area contributed by atoms with Crippen LogP contribution in [0, 0.1) is 0 Å². The summed E-state index contributed by atoms with van der Waals surface area (Å²) in [5.74, 6) is 0. The van der Waals surface area contributed by atoms with Gasteiger partial charge in [-0.15, -0.1) is 11.3 Å². The van der Waals surface area contributed by atoms with Gasteiger partial charge in [-0.2, -0.15) is 0 Å². The summed E-state index contributed by atoms with van der Waals surface area (Å²) < 4.78 is 1.97. The Morgan fingerprint density at radius 2 is 2.04 bits per heavy atom. The first-order chi connectivity index (χ1) is 12.8. The molecule has 7 heteroatoms. The van der Waals surface area contributed by atoms with Crippen molar-refractivity contribution >= 4 is 22.3 Å². The third-order valence-electron chi connectivity index (χ3n) is 4.75. The van der Waals surface area contributed by atoms with Crippen molar-refractivity contribution in [3.63, 3.8) is 0 Å². The Hall–Kier alpha value is -2.38. The van der Waals surface area contributed by atoms with Gasteiger partial charge >= 0.3 is 6.03 Å². The molecule has 3 heterocycles. The van der Waals surface area contributed by atoms with Crippen molar-refractivity contribution in [1.29, 1.82) is 0 Å². The summed E-state index contributed by atoms with van der Waals surface area (Å²) in [6, 6.07) is 10.7. The number of amides is 2. The molecule has 3 aromatic rings. The zero-order valence-electron chi connectivity index (χ0n) is 14.6. The molecule has 6 nitrogen and oxygen atoms in total. The minimum Gasteiger partial charge on any atom is -0.335 e. The number of likely N-dealkylation sites (tertiary alicyclic amines) is 1. The summed E-state index contributed by atoms with van der Waals surface area (Å²) in [4.78, 5) is 20.0. The van der Waals surface area contributed by atoms with Crippen LogP contribution in [0.5, 0.6) is 0 Å². The second-order valence-electron chi connectivity index (χ2n) is 6.69. The highest BCUT2D eigenvalue weighted by Crippen LogP contribution is 2.14. The summed E-state index contributed by atoms with van der Waals surface area (Å²) >= 11 is 1.59. The van der Waals surface area contributed by atoms with Crippen molar-refractivity contribution in [1.82, 2.24) is 24.9 Å². The van der Waals surface area contributed by atoms with Crippen molar-refractivity contribution in [2.24, 2.45) is 0 Å². The van der Waals surface area contributed by atoms with Crippen LogP contribution in [0.3, 0.4) is 0 Å². The largest absolute Gasteiger partial charge is 0.335 e. The van der Waals surface area contributed by atoms with Gasteiger partial charge in [0.15, 0.2) is 4.96 Å². The average Bonchev–Trinajstić information content (AvgIpc) is 3.24. The fraction of sp³-hybridized carbons (Fsp3) is 0.368. The van der Waals surface area contributed by atoms with Gasteiger partial charge in [0, 0.05) is 43.4 Å². The number of rotatable bonds is 5. The fourth-order valence-corrected chi connectivity index (χ4v) is 4.06. The van der Waals surface area contributed by atoms with E-state index in [1.54, 1.807) is 11.3 Å². The Bertz CT molecular complexity index is 823. The number of hydrogen-bond donors (Lipinski definition) is 2. The van der Waals surface area contributed by atoms with Gasteiger partial charge in [-0.3, -0.25) is 9.30 Å². The molecule has 1 fully saturated rings.